The van der Waals surface area contributed by atoms with Crippen molar-refractivity contribution in [1.29, 1.82) is 0 Å². The minimum absolute atomic E-state index is 0. The molecule has 0 saturated carbocycles. The Labute approximate surface area is 52.5 Å². The summed E-state index contributed by atoms with van der Waals surface area (Å²) in [6.45, 7) is -0.241. The molecule has 4 N–H and O–H groups in total. The Hall–Kier alpha value is -0.600. The summed E-state index contributed by atoms with van der Waals surface area (Å²) in [4.78, 5) is 9.67. The van der Waals surface area contributed by atoms with Crippen molar-refractivity contribution in [2.45, 2.75) is 0 Å². The molecule has 0 radical (unpaired) electrons. The van der Waals surface area contributed by atoms with E-state index < -0.39 is 5.97 Å². The topological polar surface area (TPSA) is 97.9 Å². The number of carboxylic acid groups (broad SMARTS) is 1. The van der Waals surface area contributed by atoms with Crippen molar-refractivity contribution >= 4 is 13.9 Å². The molecule has 0 rings (SSSR count). The summed E-state index contributed by atoms with van der Waals surface area (Å²) < 4.78 is 9.52. The fourth-order valence-electron chi connectivity index (χ4n) is 0.147. The van der Waals surface area contributed by atoms with Crippen molar-refractivity contribution < 1.29 is 19.9 Å². The van der Waals surface area contributed by atoms with Crippen LogP contribution in [0.2, 0.25) is 0 Å². The standard InChI is InChI=1S/C3H4NO3P.H2O/c5-3(6)1-4-2-8-7;/h4H,1H2,(H,5,6);1H2. The molecular weight excluding hydrogens is 145 g/mol. The number of aliphatic carboxylic acids is 1. The van der Waals surface area contributed by atoms with Gasteiger partial charge in [0, 0.05) is 0 Å². The van der Waals surface area contributed by atoms with Gasteiger partial charge in [-0.15, -0.1) is 0 Å². The third-order valence-electron chi connectivity index (χ3n) is 0.364. The van der Waals surface area contributed by atoms with Gasteiger partial charge in [-0.05, 0) is 0 Å². The molecule has 0 fully saturated rings. The van der Waals surface area contributed by atoms with E-state index in [1.807, 2.05) is 0 Å². The van der Waals surface area contributed by atoms with Gasteiger partial charge in [0.25, 0.3) is 0 Å². The third-order valence-corrected chi connectivity index (χ3v) is 0.614. The predicted octanol–water partition coefficient (Wildman–Crippen LogP) is -0.956. The van der Waals surface area contributed by atoms with Gasteiger partial charge in [-0.3, -0.25) is 0 Å². The van der Waals surface area contributed by atoms with Crippen LogP contribution in [0.3, 0.4) is 0 Å². The van der Waals surface area contributed by atoms with Gasteiger partial charge in [-0.1, -0.05) is 0 Å². The van der Waals surface area contributed by atoms with Crippen molar-refractivity contribution in [1.82, 2.24) is 5.32 Å². The second kappa shape index (κ2) is 7.40. The van der Waals surface area contributed by atoms with E-state index in [4.69, 9.17) is 5.11 Å². The summed E-state index contributed by atoms with van der Waals surface area (Å²) in [6, 6.07) is 0. The SMILES string of the molecule is O.O=P#CNCC(=O)O. The summed E-state index contributed by atoms with van der Waals surface area (Å²) in [5.41, 5.74) is 0. The first-order valence-electron chi connectivity index (χ1n) is 1.79. The van der Waals surface area contributed by atoms with Crippen LogP contribution >= 0.6 is 7.92 Å². The van der Waals surface area contributed by atoms with Crippen molar-refractivity contribution in [3.63, 3.8) is 0 Å². The molecular formula is C3H6NO4P. The van der Waals surface area contributed by atoms with Gasteiger partial charge in [-0.25, -0.2) is 0 Å². The molecule has 0 aromatic carbocycles. The molecule has 0 aliphatic rings. The average Bonchev–Trinajstić information content (AvgIpc) is 1.66. The fraction of sp³-hybridized carbons (Fsp3) is 0.333. The molecule has 0 saturated heterocycles. The minimum atomic E-state index is -0.999. The zero-order valence-electron chi connectivity index (χ0n) is 4.42. The van der Waals surface area contributed by atoms with Gasteiger partial charge in [-0.2, -0.15) is 0 Å². The molecule has 6 heteroatoms. The first kappa shape index (κ1) is 11.2. The van der Waals surface area contributed by atoms with Crippen LogP contribution in [-0.2, 0) is 9.36 Å². The van der Waals surface area contributed by atoms with E-state index in [0.717, 1.165) is 0 Å². The molecule has 52 valence electrons. The zero-order valence-corrected chi connectivity index (χ0v) is 5.31. The van der Waals surface area contributed by atoms with Gasteiger partial charge in [0.2, 0.25) is 0 Å². The second-order valence-corrected chi connectivity index (χ2v) is 1.36. The number of carboxylic acids is 1. The van der Waals surface area contributed by atoms with Crippen LogP contribution in [0.5, 0.6) is 0 Å². The molecule has 0 spiro atoms. The molecule has 0 amide bonds. The van der Waals surface area contributed by atoms with Crippen LogP contribution in [0.4, 0.5) is 0 Å². The summed E-state index contributed by atoms with van der Waals surface area (Å²) in [5, 5.41) is 10.1. The Morgan fingerprint density at radius 1 is 1.78 bits per heavy atom. The van der Waals surface area contributed by atoms with Crippen LogP contribution in [-0.4, -0.2) is 23.1 Å². The van der Waals surface area contributed by atoms with Gasteiger partial charge < -0.3 is 5.48 Å². The molecule has 0 atom stereocenters. The predicted molar refractivity (Wildman–Crippen MR) is 30.7 cm³/mol. The second-order valence-electron chi connectivity index (χ2n) is 0.950. The maximum atomic E-state index is 9.67. The Bertz CT molecular complexity index is 171. The van der Waals surface area contributed by atoms with Crippen LogP contribution in [0.1, 0.15) is 0 Å². The van der Waals surface area contributed by atoms with E-state index >= 15 is 0 Å². The Balaban J connectivity index is 0. The number of rotatable bonds is 2. The Morgan fingerprint density at radius 3 is 2.67 bits per heavy atom. The fourth-order valence-corrected chi connectivity index (χ4v) is 0.291. The molecule has 9 heavy (non-hydrogen) atoms. The summed E-state index contributed by atoms with van der Waals surface area (Å²) in [5.74, 6) is 1.07. The normalized spacial score (nSPS) is 6.67. The van der Waals surface area contributed by atoms with Crippen LogP contribution < -0.4 is 5.32 Å². The maximum absolute atomic E-state index is 9.67. The van der Waals surface area contributed by atoms with Crippen LogP contribution in [0, 0.1) is 5.75 Å². The van der Waals surface area contributed by atoms with E-state index in [0.29, 0.717) is 0 Å². The number of carbonyl (C=O) groups is 1. The van der Waals surface area contributed by atoms with Crippen molar-refractivity contribution in [3.05, 3.63) is 0 Å². The molecule has 0 bridgehead atoms. The average molecular weight is 151 g/mol. The molecule has 0 aliphatic carbocycles. The molecule has 0 aromatic rings. The molecule has 5 nitrogen and oxygen atoms in total. The molecule has 0 unspecified atom stereocenters. The molecule has 0 aromatic heterocycles. The quantitative estimate of drug-likeness (QED) is 0.392. The number of hydrogen-bond donors (Lipinski definition) is 2. The number of nitrogens with one attached hydrogen (secondary N) is 1. The number of hydrogen-bond acceptors (Lipinski definition) is 3. The summed E-state index contributed by atoms with van der Waals surface area (Å²) in [6.07, 6.45) is 0. The zero-order chi connectivity index (χ0) is 6.41. The van der Waals surface area contributed by atoms with E-state index in [1.54, 1.807) is 0 Å². The summed E-state index contributed by atoms with van der Waals surface area (Å²) >= 11 is 0. The molecule has 0 aliphatic heterocycles. The third kappa shape index (κ3) is 11.1. The first-order chi connectivity index (χ1) is 3.77. The van der Waals surface area contributed by atoms with Crippen LogP contribution in [0.15, 0.2) is 0 Å². The Morgan fingerprint density at radius 2 is 2.33 bits per heavy atom. The summed E-state index contributed by atoms with van der Waals surface area (Å²) in [7, 11) is -0.324. The molecule has 0 heterocycles. The van der Waals surface area contributed by atoms with Gasteiger partial charge in [0.15, 0.2) is 0 Å². The van der Waals surface area contributed by atoms with Crippen molar-refractivity contribution in [3.8, 4) is 5.75 Å². The Kier molecular flexibility index (Phi) is 9.23. The van der Waals surface area contributed by atoms with E-state index in [1.165, 1.54) is 0 Å². The van der Waals surface area contributed by atoms with E-state index in [-0.39, 0.29) is 19.9 Å². The van der Waals surface area contributed by atoms with E-state index in [2.05, 4.69) is 11.1 Å². The first-order valence-corrected chi connectivity index (χ1v) is 2.60. The van der Waals surface area contributed by atoms with E-state index in [9.17, 15) is 9.36 Å². The van der Waals surface area contributed by atoms with Gasteiger partial charge in [0.1, 0.15) is 0 Å². The van der Waals surface area contributed by atoms with Crippen LogP contribution in [0.25, 0.3) is 0 Å². The van der Waals surface area contributed by atoms with Gasteiger partial charge >= 0.3 is 46.0 Å². The van der Waals surface area contributed by atoms with Crippen molar-refractivity contribution in [2.75, 3.05) is 6.54 Å². The monoisotopic (exact) mass is 151 g/mol. The van der Waals surface area contributed by atoms with Gasteiger partial charge in [0.05, 0.1) is 0 Å². The van der Waals surface area contributed by atoms with Crippen molar-refractivity contribution in [2.24, 2.45) is 0 Å².